The van der Waals surface area contributed by atoms with Crippen LogP contribution >= 0.6 is 0 Å². The Morgan fingerprint density at radius 2 is 1.81 bits per heavy atom. The highest BCUT2D eigenvalue weighted by molar-refractivity contribution is 5.53. The maximum absolute atomic E-state index is 12.7. The number of alkyl halides is 3. The summed E-state index contributed by atoms with van der Waals surface area (Å²) in [6, 6.07) is 6.52. The van der Waals surface area contributed by atoms with E-state index < -0.39 is 12.0 Å². The van der Waals surface area contributed by atoms with Crippen LogP contribution in [0.2, 0.25) is 0 Å². The second-order valence-corrected chi connectivity index (χ2v) is 4.62. The number of hydrogen-bond donors (Lipinski definition) is 0. The van der Waals surface area contributed by atoms with Crippen molar-refractivity contribution in [2.75, 3.05) is 11.4 Å². The van der Waals surface area contributed by atoms with E-state index in [0.717, 1.165) is 10.3 Å². The van der Waals surface area contributed by atoms with Crippen LogP contribution in [0, 0.1) is 4.91 Å². The van der Waals surface area contributed by atoms with Gasteiger partial charge in [-0.15, -0.1) is 15.1 Å². The molecule has 3 rings (SSSR count). The lowest BCUT2D eigenvalue weighted by atomic mass is 10.2. The highest BCUT2D eigenvalue weighted by atomic mass is 19.4. The van der Waals surface area contributed by atoms with E-state index in [1.165, 1.54) is 0 Å². The molecule has 1 aromatic heterocycles. The first-order valence-corrected chi connectivity index (χ1v) is 6.16. The van der Waals surface area contributed by atoms with Gasteiger partial charge >= 0.3 is 6.18 Å². The van der Waals surface area contributed by atoms with Crippen molar-refractivity contribution in [3.05, 3.63) is 40.8 Å². The molecule has 0 atom stereocenters. The number of fused-ring (bicyclic) bond motifs is 1. The Balaban J connectivity index is 1.84. The number of hydrogen-bond acceptors (Lipinski definition) is 5. The number of nitroso groups, excluding NO2 is 1. The molecule has 6 nitrogen and oxygen atoms in total. The molecule has 1 aliphatic heterocycles. The molecule has 0 aliphatic carbocycles. The van der Waals surface area contributed by atoms with Gasteiger partial charge in [0.25, 0.3) is 0 Å². The van der Waals surface area contributed by atoms with Crippen LogP contribution in [0.25, 0.3) is 0 Å². The Morgan fingerprint density at radius 3 is 2.43 bits per heavy atom. The lowest BCUT2D eigenvalue weighted by molar-refractivity contribution is -0.147. The molecule has 9 heteroatoms. The summed E-state index contributed by atoms with van der Waals surface area (Å²) in [5.74, 6) is -0.691. The summed E-state index contributed by atoms with van der Waals surface area (Å²) < 4.78 is 39.3. The van der Waals surface area contributed by atoms with Gasteiger partial charge in [-0.25, -0.2) is 0 Å². The van der Waals surface area contributed by atoms with E-state index in [0.29, 0.717) is 12.2 Å². The van der Waals surface area contributed by atoms with Crippen molar-refractivity contribution in [1.29, 1.82) is 0 Å². The van der Waals surface area contributed by atoms with Crippen molar-refractivity contribution in [3.63, 3.8) is 0 Å². The van der Waals surface area contributed by atoms with E-state index >= 15 is 0 Å². The van der Waals surface area contributed by atoms with Crippen LogP contribution in [0.1, 0.15) is 11.6 Å². The highest BCUT2D eigenvalue weighted by Crippen LogP contribution is 2.30. The summed E-state index contributed by atoms with van der Waals surface area (Å²) >= 11 is 0. The third-order valence-electron chi connectivity index (χ3n) is 3.33. The lowest BCUT2D eigenvalue weighted by Gasteiger charge is -2.29. The van der Waals surface area contributed by atoms with Gasteiger partial charge in [-0.2, -0.15) is 13.2 Å². The Hall–Kier alpha value is -2.45. The van der Waals surface area contributed by atoms with Gasteiger partial charge in [0.2, 0.25) is 5.82 Å². The molecule has 0 radical (unpaired) electrons. The Morgan fingerprint density at radius 1 is 1.10 bits per heavy atom. The van der Waals surface area contributed by atoms with Gasteiger partial charge in [0.15, 0.2) is 5.82 Å². The molecule has 0 bridgehead atoms. The van der Waals surface area contributed by atoms with Crippen LogP contribution in [0.15, 0.2) is 29.4 Å². The average molecular weight is 297 g/mol. The Labute approximate surface area is 117 Å². The third kappa shape index (κ3) is 2.46. The largest absolute Gasteiger partial charge is 0.451 e. The molecule has 0 amide bonds. The molecule has 0 spiro atoms. The molecule has 0 saturated heterocycles. The minimum Gasteiger partial charge on any atom is -0.362 e. The van der Waals surface area contributed by atoms with E-state index in [1.807, 2.05) is 4.90 Å². The minimum atomic E-state index is -4.50. The molecular weight excluding hydrogens is 287 g/mol. The van der Waals surface area contributed by atoms with Crippen molar-refractivity contribution >= 4 is 11.4 Å². The van der Waals surface area contributed by atoms with Crippen LogP contribution in [0.5, 0.6) is 0 Å². The molecule has 0 fully saturated rings. The Bertz CT molecular complexity index is 665. The SMILES string of the molecule is O=Nc1ccc(N2CCn3c(nnc3C(F)(F)F)C2)cc1. The summed E-state index contributed by atoms with van der Waals surface area (Å²) in [7, 11) is 0. The maximum atomic E-state index is 12.7. The number of anilines is 1. The molecular formula is C12H10F3N5O. The maximum Gasteiger partial charge on any atom is 0.451 e. The van der Waals surface area contributed by atoms with Gasteiger partial charge in [0.1, 0.15) is 5.69 Å². The van der Waals surface area contributed by atoms with Gasteiger partial charge in [0, 0.05) is 18.8 Å². The molecule has 1 aromatic carbocycles. The van der Waals surface area contributed by atoms with Crippen LogP contribution < -0.4 is 4.90 Å². The zero-order chi connectivity index (χ0) is 15.0. The molecule has 21 heavy (non-hydrogen) atoms. The van der Waals surface area contributed by atoms with Crippen LogP contribution in [-0.4, -0.2) is 21.3 Å². The van der Waals surface area contributed by atoms with Gasteiger partial charge in [-0.3, -0.25) is 0 Å². The topological polar surface area (TPSA) is 63.4 Å². The van der Waals surface area contributed by atoms with E-state index in [-0.39, 0.29) is 18.9 Å². The molecule has 0 unspecified atom stereocenters. The molecule has 2 aromatic rings. The van der Waals surface area contributed by atoms with E-state index in [9.17, 15) is 18.1 Å². The summed E-state index contributed by atoms with van der Waals surface area (Å²) in [5, 5.41) is 9.65. The number of halogens is 3. The zero-order valence-corrected chi connectivity index (χ0v) is 10.7. The molecule has 0 saturated carbocycles. The molecule has 2 heterocycles. The van der Waals surface area contributed by atoms with Gasteiger partial charge < -0.3 is 9.47 Å². The quantitative estimate of drug-likeness (QED) is 0.800. The zero-order valence-electron chi connectivity index (χ0n) is 10.7. The smallest absolute Gasteiger partial charge is 0.362 e. The number of rotatable bonds is 2. The van der Waals surface area contributed by atoms with Crippen LogP contribution in [-0.2, 0) is 19.3 Å². The number of benzene rings is 1. The first-order valence-electron chi connectivity index (χ1n) is 6.16. The summed E-state index contributed by atoms with van der Waals surface area (Å²) in [6.07, 6.45) is -4.50. The van der Waals surface area contributed by atoms with E-state index in [2.05, 4.69) is 15.4 Å². The van der Waals surface area contributed by atoms with Crippen molar-refractivity contribution in [2.45, 2.75) is 19.3 Å². The first kappa shape index (κ1) is 13.5. The van der Waals surface area contributed by atoms with Gasteiger partial charge in [-0.1, -0.05) is 0 Å². The monoisotopic (exact) mass is 297 g/mol. The second-order valence-electron chi connectivity index (χ2n) is 4.62. The first-order chi connectivity index (χ1) is 9.99. The number of aromatic nitrogens is 3. The molecule has 110 valence electrons. The fourth-order valence-corrected chi connectivity index (χ4v) is 2.31. The Kier molecular flexibility index (Phi) is 3.11. The molecule has 1 aliphatic rings. The predicted molar refractivity (Wildman–Crippen MR) is 68.0 cm³/mol. The van der Waals surface area contributed by atoms with Crippen LogP contribution in [0.4, 0.5) is 24.5 Å². The average Bonchev–Trinajstić information content (AvgIpc) is 2.90. The van der Waals surface area contributed by atoms with E-state index in [1.54, 1.807) is 24.3 Å². The van der Waals surface area contributed by atoms with Crippen molar-refractivity contribution in [1.82, 2.24) is 14.8 Å². The van der Waals surface area contributed by atoms with E-state index in [4.69, 9.17) is 0 Å². The second kappa shape index (κ2) is 4.83. The predicted octanol–water partition coefficient (Wildman–Crippen LogP) is 2.72. The molecule has 0 N–H and O–H groups in total. The van der Waals surface area contributed by atoms with Crippen molar-refractivity contribution in [2.24, 2.45) is 5.18 Å². The van der Waals surface area contributed by atoms with Crippen LogP contribution in [0.3, 0.4) is 0 Å². The third-order valence-corrected chi connectivity index (χ3v) is 3.33. The lowest BCUT2D eigenvalue weighted by Crippen LogP contribution is -2.35. The normalized spacial score (nSPS) is 14.9. The van der Waals surface area contributed by atoms with Gasteiger partial charge in [0.05, 0.1) is 6.54 Å². The fraction of sp³-hybridized carbons (Fsp3) is 0.333. The van der Waals surface area contributed by atoms with Crippen molar-refractivity contribution in [3.8, 4) is 0 Å². The summed E-state index contributed by atoms with van der Waals surface area (Å²) in [6.45, 7) is 0.795. The summed E-state index contributed by atoms with van der Waals surface area (Å²) in [5.41, 5.74) is 1.10. The highest BCUT2D eigenvalue weighted by Gasteiger charge is 2.39. The fourth-order valence-electron chi connectivity index (χ4n) is 2.31. The summed E-state index contributed by atoms with van der Waals surface area (Å²) in [4.78, 5) is 12.2. The number of nitrogens with zero attached hydrogens (tertiary/aromatic N) is 5. The van der Waals surface area contributed by atoms with Gasteiger partial charge in [-0.05, 0) is 29.4 Å². The van der Waals surface area contributed by atoms with Crippen molar-refractivity contribution < 1.29 is 13.2 Å². The standard InChI is InChI=1S/C12H10F3N5O/c13-12(14,15)11-17-16-10-7-19(5-6-20(10)11)9-3-1-8(18-21)2-4-9/h1-4H,5-7H2. The minimum absolute atomic E-state index is 0.158.